The van der Waals surface area contributed by atoms with Crippen molar-refractivity contribution in [1.29, 1.82) is 0 Å². The number of aryl methyl sites for hydroxylation is 1. The molecule has 0 saturated heterocycles. The van der Waals surface area contributed by atoms with Crippen molar-refractivity contribution < 1.29 is 9.47 Å². The van der Waals surface area contributed by atoms with Crippen LogP contribution in [-0.4, -0.2) is 85.2 Å². The van der Waals surface area contributed by atoms with Crippen LogP contribution in [0.1, 0.15) is 30.9 Å². The Hall–Kier alpha value is -1.71. The first-order valence-corrected chi connectivity index (χ1v) is 9.85. The maximum atomic E-state index is 5.23. The highest BCUT2D eigenvalue weighted by Gasteiger charge is 2.28. The van der Waals surface area contributed by atoms with Crippen molar-refractivity contribution in [1.82, 2.24) is 30.3 Å². The first kappa shape index (κ1) is 20.0. The number of fused-ring (bicyclic) bond motifs is 1. The van der Waals surface area contributed by atoms with Gasteiger partial charge >= 0.3 is 0 Å². The van der Waals surface area contributed by atoms with Gasteiger partial charge in [-0.1, -0.05) is 0 Å². The monoisotopic (exact) mass is 379 g/mol. The molecule has 27 heavy (non-hydrogen) atoms. The molecule has 1 atom stereocenters. The number of hydrogen-bond acceptors (Lipinski definition) is 6. The number of rotatable bonds is 10. The van der Waals surface area contributed by atoms with E-state index >= 15 is 0 Å². The van der Waals surface area contributed by atoms with Crippen LogP contribution in [0.15, 0.2) is 4.99 Å². The fraction of sp³-hybridized carbons (Fsp3) is 0.833. The molecular weight excluding hydrogens is 346 g/mol. The van der Waals surface area contributed by atoms with E-state index < -0.39 is 0 Å². The highest BCUT2D eigenvalue weighted by molar-refractivity contribution is 5.79. The summed E-state index contributed by atoms with van der Waals surface area (Å²) in [4.78, 5) is 11.4. The first-order chi connectivity index (χ1) is 13.2. The Labute approximate surface area is 161 Å². The van der Waals surface area contributed by atoms with Gasteiger partial charge in [0.05, 0.1) is 13.2 Å². The Kier molecular flexibility index (Phi) is 7.42. The van der Waals surface area contributed by atoms with Crippen LogP contribution in [0.2, 0.25) is 0 Å². The summed E-state index contributed by atoms with van der Waals surface area (Å²) in [5.41, 5.74) is 0. The molecule has 1 aromatic rings. The zero-order chi connectivity index (χ0) is 19.1. The molecule has 152 valence electrons. The molecule has 1 saturated carbocycles. The minimum atomic E-state index is 0.300. The van der Waals surface area contributed by atoms with E-state index in [4.69, 9.17) is 9.47 Å². The van der Waals surface area contributed by atoms with Gasteiger partial charge in [0.2, 0.25) is 0 Å². The molecule has 9 heteroatoms. The van der Waals surface area contributed by atoms with Gasteiger partial charge in [-0.15, -0.1) is 0 Å². The summed E-state index contributed by atoms with van der Waals surface area (Å²) in [6.45, 7) is 4.93. The fourth-order valence-electron chi connectivity index (χ4n) is 3.50. The van der Waals surface area contributed by atoms with Crippen LogP contribution in [0.4, 0.5) is 0 Å². The van der Waals surface area contributed by atoms with E-state index in [0.29, 0.717) is 12.6 Å². The quantitative estimate of drug-likeness (QED) is 0.437. The summed E-state index contributed by atoms with van der Waals surface area (Å²) < 4.78 is 12.3. The lowest BCUT2D eigenvalue weighted by Crippen LogP contribution is -2.48. The van der Waals surface area contributed by atoms with E-state index in [1.807, 2.05) is 11.7 Å². The Morgan fingerprint density at radius 3 is 2.81 bits per heavy atom. The molecule has 0 aromatic carbocycles. The highest BCUT2D eigenvalue weighted by atomic mass is 16.5. The standard InChI is InChI=1S/C18H33N7O2/c1-19-18(20-8-9-24(10-11-26-2)15-5-6-15)21-14-4-7-17-22-16(13-27-3)23-25(17)12-14/h14-15H,4-13H2,1-3H3,(H2,19,20,21). The SMILES string of the molecule is CN=C(NCCN(CCOC)C1CC1)NC1CCc2nc(COC)nn2C1. The van der Waals surface area contributed by atoms with Gasteiger partial charge in [0.1, 0.15) is 12.4 Å². The minimum Gasteiger partial charge on any atom is -0.383 e. The van der Waals surface area contributed by atoms with E-state index in [0.717, 1.165) is 69.3 Å². The Bertz CT molecular complexity index is 615. The van der Waals surface area contributed by atoms with Crippen molar-refractivity contribution in [3.63, 3.8) is 0 Å². The number of nitrogens with one attached hydrogen (secondary N) is 2. The third-order valence-electron chi connectivity index (χ3n) is 5.08. The molecule has 1 aromatic heterocycles. The van der Waals surface area contributed by atoms with E-state index in [9.17, 15) is 0 Å². The average molecular weight is 380 g/mol. The van der Waals surface area contributed by atoms with Crippen molar-refractivity contribution >= 4 is 5.96 Å². The van der Waals surface area contributed by atoms with E-state index in [1.54, 1.807) is 14.2 Å². The van der Waals surface area contributed by atoms with E-state index in [2.05, 4.69) is 30.6 Å². The van der Waals surface area contributed by atoms with Crippen LogP contribution < -0.4 is 10.6 Å². The number of ether oxygens (including phenoxy) is 2. The molecule has 0 spiro atoms. The number of guanidine groups is 1. The molecule has 2 heterocycles. The van der Waals surface area contributed by atoms with Crippen molar-refractivity contribution in [3.05, 3.63) is 11.6 Å². The largest absolute Gasteiger partial charge is 0.383 e. The zero-order valence-electron chi connectivity index (χ0n) is 16.8. The van der Waals surface area contributed by atoms with Crippen LogP contribution in [0, 0.1) is 0 Å². The molecule has 0 amide bonds. The van der Waals surface area contributed by atoms with Gasteiger partial charge in [0.15, 0.2) is 11.8 Å². The molecule has 2 aliphatic rings. The summed E-state index contributed by atoms with van der Waals surface area (Å²) >= 11 is 0. The number of methoxy groups -OCH3 is 2. The molecule has 2 N–H and O–H groups in total. The lowest BCUT2D eigenvalue weighted by molar-refractivity contribution is 0.144. The molecular formula is C18H33N7O2. The van der Waals surface area contributed by atoms with Crippen LogP contribution in [0.5, 0.6) is 0 Å². The van der Waals surface area contributed by atoms with Crippen LogP contribution in [-0.2, 0) is 29.0 Å². The van der Waals surface area contributed by atoms with Crippen LogP contribution >= 0.6 is 0 Å². The van der Waals surface area contributed by atoms with E-state index in [-0.39, 0.29) is 0 Å². The molecule has 0 bridgehead atoms. The van der Waals surface area contributed by atoms with Gasteiger partial charge in [-0.2, -0.15) is 5.10 Å². The minimum absolute atomic E-state index is 0.300. The molecule has 1 aliphatic carbocycles. The van der Waals surface area contributed by atoms with E-state index in [1.165, 1.54) is 12.8 Å². The van der Waals surface area contributed by atoms with Gasteiger partial charge in [0.25, 0.3) is 0 Å². The molecule has 0 radical (unpaired) electrons. The zero-order valence-corrected chi connectivity index (χ0v) is 16.8. The molecule has 1 fully saturated rings. The van der Waals surface area contributed by atoms with Gasteiger partial charge in [0, 0.05) is 59.4 Å². The Morgan fingerprint density at radius 1 is 1.26 bits per heavy atom. The molecule has 3 rings (SSSR count). The molecule has 1 aliphatic heterocycles. The van der Waals surface area contributed by atoms with Crippen molar-refractivity contribution in [2.45, 2.75) is 50.9 Å². The topological polar surface area (TPSA) is 88.8 Å². The second-order valence-corrected chi connectivity index (χ2v) is 7.20. The predicted molar refractivity (Wildman–Crippen MR) is 104 cm³/mol. The second kappa shape index (κ2) is 10.0. The summed E-state index contributed by atoms with van der Waals surface area (Å²) in [5.74, 6) is 2.65. The molecule has 9 nitrogen and oxygen atoms in total. The normalized spacial score (nSPS) is 20.0. The van der Waals surface area contributed by atoms with Crippen LogP contribution in [0.3, 0.4) is 0 Å². The molecule has 1 unspecified atom stereocenters. The van der Waals surface area contributed by atoms with Gasteiger partial charge < -0.3 is 20.1 Å². The third-order valence-corrected chi connectivity index (χ3v) is 5.08. The number of hydrogen-bond donors (Lipinski definition) is 2. The summed E-state index contributed by atoms with van der Waals surface area (Å²) in [6.07, 6.45) is 4.56. The lowest BCUT2D eigenvalue weighted by Gasteiger charge is -2.26. The highest BCUT2D eigenvalue weighted by Crippen LogP contribution is 2.25. The maximum absolute atomic E-state index is 5.23. The lowest BCUT2D eigenvalue weighted by atomic mass is 10.1. The van der Waals surface area contributed by atoms with Gasteiger partial charge in [-0.25, -0.2) is 9.67 Å². The van der Waals surface area contributed by atoms with Crippen molar-refractivity contribution in [2.24, 2.45) is 4.99 Å². The third kappa shape index (κ3) is 5.88. The summed E-state index contributed by atoms with van der Waals surface area (Å²) in [6, 6.07) is 1.04. The number of aromatic nitrogens is 3. The van der Waals surface area contributed by atoms with Crippen LogP contribution in [0.25, 0.3) is 0 Å². The first-order valence-electron chi connectivity index (χ1n) is 9.85. The Balaban J connectivity index is 1.43. The smallest absolute Gasteiger partial charge is 0.191 e. The summed E-state index contributed by atoms with van der Waals surface area (Å²) in [7, 11) is 5.25. The Morgan fingerprint density at radius 2 is 2.11 bits per heavy atom. The number of nitrogens with zero attached hydrogens (tertiary/aromatic N) is 5. The predicted octanol–water partition coefficient (Wildman–Crippen LogP) is 0.0151. The maximum Gasteiger partial charge on any atom is 0.191 e. The average Bonchev–Trinajstić information content (AvgIpc) is 3.43. The fourth-order valence-corrected chi connectivity index (χ4v) is 3.50. The van der Waals surface area contributed by atoms with Crippen molar-refractivity contribution in [3.8, 4) is 0 Å². The van der Waals surface area contributed by atoms with Gasteiger partial charge in [-0.3, -0.25) is 9.89 Å². The number of aliphatic imine (C=N–C) groups is 1. The van der Waals surface area contributed by atoms with Crippen molar-refractivity contribution in [2.75, 3.05) is 47.5 Å². The summed E-state index contributed by atoms with van der Waals surface area (Å²) in [5, 5.41) is 11.5. The van der Waals surface area contributed by atoms with Gasteiger partial charge in [-0.05, 0) is 19.3 Å². The second-order valence-electron chi connectivity index (χ2n) is 7.20.